The van der Waals surface area contributed by atoms with Crippen molar-refractivity contribution in [3.63, 3.8) is 0 Å². The molecule has 2 N–H and O–H groups in total. The fourth-order valence-corrected chi connectivity index (χ4v) is 3.18. The number of rotatable bonds is 5. The summed E-state index contributed by atoms with van der Waals surface area (Å²) in [6, 6.07) is 4.88. The largest absolute Gasteiger partial charge is 0.327 e. The molecule has 1 rings (SSSR count). The van der Waals surface area contributed by atoms with Crippen molar-refractivity contribution in [3.05, 3.63) is 34.4 Å². The van der Waals surface area contributed by atoms with E-state index in [1.807, 2.05) is 11.8 Å². The third-order valence-electron chi connectivity index (χ3n) is 2.94. The SMILES string of the molecule is CCC(N)CSCc1c(C)cc(C)cc1C. The van der Waals surface area contributed by atoms with Crippen LogP contribution in [0.3, 0.4) is 0 Å². The van der Waals surface area contributed by atoms with Gasteiger partial charge in [-0.15, -0.1) is 0 Å². The maximum absolute atomic E-state index is 5.92. The van der Waals surface area contributed by atoms with Gasteiger partial charge >= 0.3 is 0 Å². The second-order valence-corrected chi connectivity index (χ2v) is 5.59. The van der Waals surface area contributed by atoms with Crippen molar-refractivity contribution in [1.29, 1.82) is 0 Å². The summed E-state index contributed by atoms with van der Waals surface area (Å²) in [7, 11) is 0. The number of aryl methyl sites for hydroxylation is 3. The fourth-order valence-electron chi connectivity index (χ4n) is 1.87. The lowest BCUT2D eigenvalue weighted by atomic mass is 10.0. The maximum atomic E-state index is 5.92. The van der Waals surface area contributed by atoms with Crippen LogP contribution in [-0.4, -0.2) is 11.8 Å². The highest BCUT2D eigenvalue weighted by Gasteiger charge is 2.05. The van der Waals surface area contributed by atoms with E-state index in [4.69, 9.17) is 5.73 Å². The molecule has 0 fully saturated rings. The zero-order valence-corrected chi connectivity index (χ0v) is 11.7. The molecular weight excluding hydrogens is 214 g/mol. The van der Waals surface area contributed by atoms with E-state index in [-0.39, 0.29) is 0 Å². The highest BCUT2D eigenvalue weighted by Crippen LogP contribution is 2.22. The molecule has 0 spiro atoms. The van der Waals surface area contributed by atoms with Crippen LogP contribution in [0.1, 0.15) is 35.6 Å². The van der Waals surface area contributed by atoms with Gasteiger partial charge in [-0.1, -0.05) is 24.6 Å². The van der Waals surface area contributed by atoms with Crippen LogP contribution in [0.15, 0.2) is 12.1 Å². The molecule has 0 aromatic heterocycles. The smallest absolute Gasteiger partial charge is 0.0190 e. The number of hydrogen-bond donors (Lipinski definition) is 1. The van der Waals surface area contributed by atoms with E-state index in [1.54, 1.807) is 0 Å². The van der Waals surface area contributed by atoms with Gasteiger partial charge in [0.1, 0.15) is 0 Å². The van der Waals surface area contributed by atoms with E-state index in [2.05, 4.69) is 39.8 Å². The first-order valence-electron chi connectivity index (χ1n) is 5.94. The number of nitrogens with two attached hydrogens (primary N) is 1. The second-order valence-electron chi connectivity index (χ2n) is 4.56. The molecule has 16 heavy (non-hydrogen) atoms. The normalized spacial score (nSPS) is 12.8. The summed E-state index contributed by atoms with van der Waals surface area (Å²) in [5, 5.41) is 0. The highest BCUT2D eigenvalue weighted by molar-refractivity contribution is 7.98. The van der Waals surface area contributed by atoms with Gasteiger partial charge in [0.15, 0.2) is 0 Å². The molecule has 0 radical (unpaired) electrons. The summed E-state index contributed by atoms with van der Waals surface area (Å²) < 4.78 is 0. The van der Waals surface area contributed by atoms with Gasteiger partial charge in [-0.25, -0.2) is 0 Å². The van der Waals surface area contributed by atoms with Gasteiger partial charge in [0.25, 0.3) is 0 Å². The molecule has 1 aromatic carbocycles. The summed E-state index contributed by atoms with van der Waals surface area (Å²) in [6.07, 6.45) is 1.07. The molecule has 0 saturated heterocycles. The minimum absolute atomic E-state index is 0.344. The van der Waals surface area contributed by atoms with Crippen molar-refractivity contribution in [1.82, 2.24) is 0 Å². The van der Waals surface area contributed by atoms with Gasteiger partial charge in [-0.05, 0) is 43.9 Å². The lowest BCUT2D eigenvalue weighted by Gasteiger charge is -2.12. The predicted octanol–water partition coefficient (Wildman–Crippen LogP) is 3.58. The van der Waals surface area contributed by atoms with E-state index in [0.29, 0.717) is 6.04 Å². The van der Waals surface area contributed by atoms with Gasteiger partial charge in [0, 0.05) is 17.5 Å². The van der Waals surface area contributed by atoms with Gasteiger partial charge in [0.2, 0.25) is 0 Å². The molecule has 0 aliphatic carbocycles. The third-order valence-corrected chi connectivity index (χ3v) is 4.10. The summed E-state index contributed by atoms with van der Waals surface area (Å²) in [5.41, 5.74) is 11.6. The summed E-state index contributed by atoms with van der Waals surface area (Å²) >= 11 is 1.95. The van der Waals surface area contributed by atoms with E-state index in [9.17, 15) is 0 Å². The van der Waals surface area contributed by atoms with E-state index in [1.165, 1.54) is 22.3 Å². The molecule has 90 valence electrons. The fraction of sp³-hybridized carbons (Fsp3) is 0.571. The summed E-state index contributed by atoms with van der Waals surface area (Å²) in [6.45, 7) is 8.71. The molecule has 0 amide bonds. The Balaban J connectivity index is 2.60. The Kier molecular flexibility index (Phi) is 5.36. The van der Waals surface area contributed by atoms with Crippen molar-refractivity contribution in [2.45, 2.75) is 45.9 Å². The Morgan fingerprint density at radius 3 is 2.25 bits per heavy atom. The molecule has 0 heterocycles. The van der Waals surface area contributed by atoms with Gasteiger partial charge in [0.05, 0.1) is 0 Å². The van der Waals surface area contributed by atoms with Crippen molar-refractivity contribution >= 4 is 11.8 Å². The van der Waals surface area contributed by atoms with E-state index >= 15 is 0 Å². The van der Waals surface area contributed by atoms with Crippen LogP contribution in [0.4, 0.5) is 0 Å². The van der Waals surface area contributed by atoms with Gasteiger partial charge < -0.3 is 5.73 Å². The minimum atomic E-state index is 0.344. The van der Waals surface area contributed by atoms with Gasteiger partial charge in [-0.3, -0.25) is 0 Å². The average molecular weight is 237 g/mol. The van der Waals surface area contributed by atoms with Crippen LogP contribution >= 0.6 is 11.8 Å². The first-order valence-corrected chi connectivity index (χ1v) is 7.10. The van der Waals surface area contributed by atoms with Crippen molar-refractivity contribution < 1.29 is 0 Å². The Labute approximate surface area is 104 Å². The quantitative estimate of drug-likeness (QED) is 0.847. The molecule has 1 aromatic rings. The predicted molar refractivity (Wildman–Crippen MR) is 75.1 cm³/mol. The molecule has 0 saturated carbocycles. The Morgan fingerprint density at radius 2 is 1.75 bits per heavy atom. The number of hydrogen-bond acceptors (Lipinski definition) is 2. The lowest BCUT2D eigenvalue weighted by molar-refractivity contribution is 0.724. The average Bonchev–Trinajstić information content (AvgIpc) is 2.21. The monoisotopic (exact) mass is 237 g/mol. The minimum Gasteiger partial charge on any atom is -0.327 e. The lowest BCUT2D eigenvalue weighted by Crippen LogP contribution is -2.21. The zero-order valence-electron chi connectivity index (χ0n) is 10.8. The number of benzene rings is 1. The Bertz CT molecular complexity index is 324. The first kappa shape index (κ1) is 13.6. The molecule has 1 unspecified atom stereocenters. The summed E-state index contributed by atoms with van der Waals surface area (Å²) in [5.74, 6) is 2.15. The molecular formula is C14H23NS. The molecule has 0 bridgehead atoms. The van der Waals surface area contributed by atoms with Crippen LogP contribution < -0.4 is 5.73 Å². The molecule has 0 aliphatic heterocycles. The van der Waals surface area contributed by atoms with Crippen LogP contribution in [0.5, 0.6) is 0 Å². The summed E-state index contributed by atoms with van der Waals surface area (Å²) in [4.78, 5) is 0. The van der Waals surface area contributed by atoms with Crippen molar-refractivity contribution in [2.24, 2.45) is 5.73 Å². The van der Waals surface area contributed by atoms with Gasteiger partial charge in [-0.2, -0.15) is 11.8 Å². The molecule has 2 heteroatoms. The highest BCUT2D eigenvalue weighted by atomic mass is 32.2. The standard InChI is InChI=1S/C14H23NS/c1-5-13(15)8-16-9-14-11(3)6-10(2)7-12(14)4/h6-7,13H,5,8-9,15H2,1-4H3. The Morgan fingerprint density at radius 1 is 1.19 bits per heavy atom. The molecule has 1 nitrogen and oxygen atoms in total. The zero-order chi connectivity index (χ0) is 12.1. The van der Waals surface area contributed by atoms with Crippen LogP contribution in [0.25, 0.3) is 0 Å². The van der Waals surface area contributed by atoms with E-state index < -0.39 is 0 Å². The Hall–Kier alpha value is -0.470. The van der Waals surface area contributed by atoms with Crippen LogP contribution in [-0.2, 0) is 5.75 Å². The second kappa shape index (κ2) is 6.31. The van der Waals surface area contributed by atoms with Crippen LogP contribution in [0.2, 0.25) is 0 Å². The van der Waals surface area contributed by atoms with Crippen molar-refractivity contribution in [3.8, 4) is 0 Å². The van der Waals surface area contributed by atoms with Crippen LogP contribution in [0, 0.1) is 20.8 Å². The topological polar surface area (TPSA) is 26.0 Å². The number of thioether (sulfide) groups is 1. The first-order chi connectivity index (χ1) is 7.54. The van der Waals surface area contributed by atoms with E-state index in [0.717, 1.165) is 17.9 Å². The third kappa shape index (κ3) is 3.84. The van der Waals surface area contributed by atoms with Crippen molar-refractivity contribution in [2.75, 3.05) is 5.75 Å². The maximum Gasteiger partial charge on any atom is 0.0190 e. The molecule has 1 atom stereocenters. The molecule has 0 aliphatic rings.